The maximum atomic E-state index is 8.89. The molecule has 20 heavy (non-hydrogen) atoms. The molecule has 0 bridgehead atoms. The van der Waals surface area contributed by atoms with E-state index in [1.807, 2.05) is 42.5 Å². The number of nitriles is 1. The van der Waals surface area contributed by atoms with Crippen molar-refractivity contribution in [2.24, 2.45) is 0 Å². The molecule has 0 amide bonds. The molecule has 4 nitrogen and oxygen atoms in total. The molecule has 1 heterocycles. The molecule has 0 aliphatic rings. The van der Waals surface area contributed by atoms with Crippen LogP contribution in [0, 0.1) is 11.3 Å². The Labute approximate surface area is 116 Å². The third-order valence-corrected chi connectivity index (χ3v) is 3.21. The number of aromatic nitrogens is 2. The number of benzene rings is 2. The lowest BCUT2D eigenvalue weighted by Gasteiger charge is -2.07. The topological polar surface area (TPSA) is 61.7 Å². The molecule has 0 radical (unpaired) electrons. The van der Waals surface area contributed by atoms with Crippen LogP contribution in [0.5, 0.6) is 5.75 Å². The van der Waals surface area contributed by atoms with Crippen molar-refractivity contribution in [2.75, 3.05) is 7.11 Å². The first-order valence-corrected chi connectivity index (χ1v) is 6.31. The Kier molecular flexibility index (Phi) is 3.10. The number of rotatable bonds is 3. The maximum absolute atomic E-state index is 8.89. The molecule has 3 aromatic rings. The number of aromatic amines is 1. The van der Waals surface area contributed by atoms with E-state index in [9.17, 15) is 0 Å². The lowest BCUT2D eigenvalue weighted by molar-refractivity contribution is 0.411. The Bertz CT molecular complexity index is 766. The van der Waals surface area contributed by atoms with Crippen LogP contribution in [0.15, 0.2) is 42.5 Å². The second-order valence-corrected chi connectivity index (χ2v) is 4.46. The number of nitrogens with zero attached hydrogens (tertiary/aromatic N) is 2. The summed E-state index contributed by atoms with van der Waals surface area (Å²) in [5, 5.41) is 8.89. The molecule has 0 aliphatic heterocycles. The van der Waals surface area contributed by atoms with Gasteiger partial charge in [-0.3, -0.25) is 0 Å². The largest absolute Gasteiger partial charge is 0.496 e. The molecular weight excluding hydrogens is 250 g/mol. The van der Waals surface area contributed by atoms with Gasteiger partial charge in [-0.1, -0.05) is 12.1 Å². The first-order valence-electron chi connectivity index (χ1n) is 6.31. The number of H-pyrrole nitrogens is 1. The zero-order chi connectivity index (χ0) is 13.9. The van der Waals surface area contributed by atoms with E-state index >= 15 is 0 Å². The second kappa shape index (κ2) is 5.06. The third-order valence-electron chi connectivity index (χ3n) is 3.21. The summed E-state index contributed by atoms with van der Waals surface area (Å²) in [4.78, 5) is 7.84. The normalized spacial score (nSPS) is 10.4. The van der Waals surface area contributed by atoms with Crippen LogP contribution in [0.1, 0.15) is 5.56 Å². The molecule has 2 aromatic carbocycles. The summed E-state index contributed by atoms with van der Waals surface area (Å²) in [5.74, 6) is 1.53. The molecule has 1 aromatic heterocycles. The monoisotopic (exact) mass is 263 g/mol. The van der Waals surface area contributed by atoms with Crippen molar-refractivity contribution in [1.29, 1.82) is 5.26 Å². The quantitative estimate of drug-likeness (QED) is 0.788. The van der Waals surface area contributed by atoms with Crippen molar-refractivity contribution in [3.05, 3.63) is 48.0 Å². The zero-order valence-electron chi connectivity index (χ0n) is 11.1. The van der Waals surface area contributed by atoms with Gasteiger partial charge in [0.2, 0.25) is 0 Å². The van der Waals surface area contributed by atoms with Crippen molar-refractivity contribution in [3.8, 4) is 23.2 Å². The summed E-state index contributed by atoms with van der Waals surface area (Å²) in [6, 6.07) is 15.8. The molecule has 0 spiro atoms. The Morgan fingerprint density at radius 2 is 2.10 bits per heavy atom. The molecule has 0 aliphatic carbocycles. The number of hydrogen-bond acceptors (Lipinski definition) is 3. The first-order chi connectivity index (χ1) is 9.81. The van der Waals surface area contributed by atoms with Gasteiger partial charge in [-0.05, 0) is 30.3 Å². The van der Waals surface area contributed by atoms with Crippen LogP contribution >= 0.6 is 0 Å². The van der Waals surface area contributed by atoms with Crippen LogP contribution in [0.4, 0.5) is 0 Å². The smallest absolute Gasteiger partial charge is 0.138 e. The van der Waals surface area contributed by atoms with E-state index in [-0.39, 0.29) is 0 Å². The molecule has 0 unspecified atom stereocenters. The van der Waals surface area contributed by atoms with Gasteiger partial charge in [-0.15, -0.1) is 0 Å². The maximum Gasteiger partial charge on any atom is 0.138 e. The molecule has 0 atom stereocenters. The lowest BCUT2D eigenvalue weighted by atomic mass is 10.1. The Morgan fingerprint density at radius 3 is 2.85 bits per heavy atom. The highest BCUT2D eigenvalue weighted by molar-refractivity contribution is 5.79. The second-order valence-electron chi connectivity index (χ2n) is 4.46. The van der Waals surface area contributed by atoms with Gasteiger partial charge in [0.15, 0.2) is 0 Å². The standard InChI is InChI=1S/C16H13N3O/c1-20-15-7-6-12(10-11(15)8-9-17)16-18-13-4-2-3-5-14(13)19-16/h2-7,10H,8H2,1H3,(H,18,19). The van der Waals surface area contributed by atoms with Gasteiger partial charge in [0.25, 0.3) is 0 Å². The van der Waals surface area contributed by atoms with Crippen molar-refractivity contribution in [1.82, 2.24) is 9.97 Å². The molecule has 98 valence electrons. The highest BCUT2D eigenvalue weighted by atomic mass is 16.5. The summed E-state index contributed by atoms with van der Waals surface area (Å²) in [7, 11) is 1.61. The summed E-state index contributed by atoms with van der Waals surface area (Å²) in [6.45, 7) is 0. The molecule has 3 rings (SSSR count). The van der Waals surface area contributed by atoms with E-state index in [0.717, 1.165) is 33.7 Å². The van der Waals surface area contributed by atoms with Crippen molar-refractivity contribution < 1.29 is 4.74 Å². The molecule has 0 saturated heterocycles. The number of nitrogens with one attached hydrogen (secondary N) is 1. The van der Waals surface area contributed by atoms with E-state index in [2.05, 4.69) is 16.0 Å². The minimum Gasteiger partial charge on any atom is -0.496 e. The SMILES string of the molecule is COc1ccc(-c2nc3ccccc3[nH]2)cc1CC#N. The molecule has 1 N–H and O–H groups in total. The number of methoxy groups -OCH3 is 1. The van der Waals surface area contributed by atoms with E-state index in [0.29, 0.717) is 6.42 Å². The number of imidazole rings is 1. The molecule has 4 heteroatoms. The summed E-state index contributed by atoms with van der Waals surface area (Å²) in [5.41, 5.74) is 3.75. The molecule has 0 fully saturated rings. The third kappa shape index (κ3) is 2.10. The minimum absolute atomic E-state index is 0.317. The lowest BCUT2D eigenvalue weighted by Crippen LogP contribution is -1.92. The average Bonchev–Trinajstić information content (AvgIpc) is 2.91. The van der Waals surface area contributed by atoms with Crippen LogP contribution in [0.25, 0.3) is 22.4 Å². The van der Waals surface area contributed by atoms with Gasteiger partial charge >= 0.3 is 0 Å². The fourth-order valence-electron chi connectivity index (χ4n) is 2.24. The number of ether oxygens (including phenoxy) is 1. The molecule has 0 saturated carbocycles. The van der Waals surface area contributed by atoms with Crippen LogP contribution in [0.3, 0.4) is 0 Å². The summed E-state index contributed by atoms with van der Waals surface area (Å²) < 4.78 is 5.27. The van der Waals surface area contributed by atoms with Gasteiger partial charge < -0.3 is 9.72 Å². The summed E-state index contributed by atoms with van der Waals surface area (Å²) >= 11 is 0. The van der Waals surface area contributed by atoms with Gasteiger partial charge in [-0.2, -0.15) is 5.26 Å². The number of para-hydroxylation sites is 2. The Balaban J connectivity index is 2.09. The van der Waals surface area contributed by atoms with E-state index in [4.69, 9.17) is 10.00 Å². The van der Waals surface area contributed by atoms with E-state index < -0.39 is 0 Å². The predicted octanol–water partition coefficient (Wildman–Crippen LogP) is 3.30. The van der Waals surface area contributed by atoms with Crippen LogP contribution in [-0.4, -0.2) is 17.1 Å². The predicted molar refractivity (Wildman–Crippen MR) is 77.4 cm³/mol. The van der Waals surface area contributed by atoms with Gasteiger partial charge in [-0.25, -0.2) is 4.98 Å². The van der Waals surface area contributed by atoms with Crippen molar-refractivity contribution >= 4 is 11.0 Å². The zero-order valence-corrected chi connectivity index (χ0v) is 11.1. The van der Waals surface area contributed by atoms with Crippen molar-refractivity contribution in [3.63, 3.8) is 0 Å². The van der Waals surface area contributed by atoms with E-state index in [1.54, 1.807) is 7.11 Å². The Morgan fingerprint density at radius 1 is 1.25 bits per heavy atom. The van der Waals surface area contributed by atoms with Crippen LogP contribution in [-0.2, 0) is 6.42 Å². The van der Waals surface area contributed by atoms with Gasteiger partial charge in [0.05, 0.1) is 30.6 Å². The van der Waals surface area contributed by atoms with Crippen molar-refractivity contribution in [2.45, 2.75) is 6.42 Å². The first kappa shape index (κ1) is 12.2. The van der Waals surface area contributed by atoms with Crippen LogP contribution in [0.2, 0.25) is 0 Å². The molecular formula is C16H13N3O. The van der Waals surface area contributed by atoms with Gasteiger partial charge in [0, 0.05) is 11.1 Å². The van der Waals surface area contributed by atoms with E-state index in [1.165, 1.54) is 0 Å². The highest BCUT2D eigenvalue weighted by Crippen LogP contribution is 2.26. The van der Waals surface area contributed by atoms with Crippen LogP contribution < -0.4 is 4.74 Å². The highest BCUT2D eigenvalue weighted by Gasteiger charge is 2.09. The fourth-order valence-corrected chi connectivity index (χ4v) is 2.24. The number of fused-ring (bicyclic) bond motifs is 1. The minimum atomic E-state index is 0.317. The summed E-state index contributed by atoms with van der Waals surface area (Å²) in [6.07, 6.45) is 0.317. The average molecular weight is 263 g/mol. The van der Waals surface area contributed by atoms with Gasteiger partial charge in [0.1, 0.15) is 11.6 Å². The Hall–Kier alpha value is -2.80. The number of hydrogen-bond donors (Lipinski definition) is 1. The fraction of sp³-hybridized carbons (Fsp3) is 0.125.